The number of carbonyl (C=O) groups is 3. The average Bonchev–Trinajstić information content (AvgIpc) is 3.47. The molecule has 0 saturated carbocycles. The lowest BCUT2D eigenvalue weighted by Crippen LogP contribution is -2.30. The Labute approximate surface area is 513 Å². The molecule has 0 N–H and O–H groups in total. The van der Waals surface area contributed by atoms with Crippen molar-refractivity contribution in [2.24, 2.45) is 0 Å². The van der Waals surface area contributed by atoms with Gasteiger partial charge >= 0.3 is 17.9 Å². The van der Waals surface area contributed by atoms with Gasteiger partial charge in [-0.25, -0.2) is 0 Å². The second-order valence-electron chi connectivity index (χ2n) is 25.9. The van der Waals surface area contributed by atoms with Crippen molar-refractivity contribution in [3.05, 3.63) is 12.2 Å². The monoisotopic (exact) mass is 1160 g/mol. The first-order chi connectivity index (χ1) is 40.5. The highest BCUT2D eigenvalue weighted by Gasteiger charge is 2.20. The molecule has 0 aliphatic heterocycles. The molecule has 1 atom stereocenters. The van der Waals surface area contributed by atoms with E-state index >= 15 is 0 Å². The van der Waals surface area contributed by atoms with E-state index in [1.165, 1.54) is 340 Å². The van der Waals surface area contributed by atoms with Crippen LogP contribution >= 0.6 is 0 Å². The van der Waals surface area contributed by atoms with Gasteiger partial charge in [-0.15, -0.1) is 0 Å². The molecule has 0 aliphatic rings. The third-order valence-corrected chi connectivity index (χ3v) is 17.5. The number of hydrogen-bond donors (Lipinski definition) is 0. The van der Waals surface area contributed by atoms with Crippen LogP contribution < -0.4 is 0 Å². The Morgan fingerprint density at radius 1 is 0.232 bits per heavy atom. The zero-order valence-electron chi connectivity index (χ0n) is 56.1. The largest absolute Gasteiger partial charge is 0.462 e. The molecule has 82 heavy (non-hydrogen) atoms. The minimum atomic E-state index is -0.768. The van der Waals surface area contributed by atoms with E-state index in [0.29, 0.717) is 19.3 Å². The lowest BCUT2D eigenvalue weighted by atomic mass is 10.0. The molecule has 0 spiro atoms. The summed E-state index contributed by atoms with van der Waals surface area (Å²) in [4.78, 5) is 38.5. The van der Waals surface area contributed by atoms with Gasteiger partial charge in [0.05, 0.1) is 0 Å². The van der Waals surface area contributed by atoms with Gasteiger partial charge in [0.15, 0.2) is 6.10 Å². The highest BCUT2D eigenvalue weighted by atomic mass is 16.6. The highest BCUT2D eigenvalue weighted by molar-refractivity contribution is 5.71. The van der Waals surface area contributed by atoms with E-state index in [9.17, 15) is 14.4 Å². The van der Waals surface area contributed by atoms with Crippen LogP contribution in [0.1, 0.15) is 438 Å². The Bertz CT molecular complexity index is 1280. The summed E-state index contributed by atoms with van der Waals surface area (Å²) in [5.41, 5.74) is 0. The van der Waals surface area contributed by atoms with Crippen molar-refractivity contribution in [3.8, 4) is 0 Å². The molecule has 0 saturated heterocycles. The van der Waals surface area contributed by atoms with Crippen LogP contribution in [0.25, 0.3) is 0 Å². The van der Waals surface area contributed by atoms with Gasteiger partial charge in [0.2, 0.25) is 0 Å². The molecule has 0 bridgehead atoms. The minimum Gasteiger partial charge on any atom is -0.462 e. The van der Waals surface area contributed by atoms with Gasteiger partial charge in [0.1, 0.15) is 13.2 Å². The molecule has 0 aromatic carbocycles. The van der Waals surface area contributed by atoms with E-state index in [0.717, 1.165) is 57.8 Å². The number of esters is 3. The third-order valence-electron chi connectivity index (χ3n) is 17.5. The molecule has 486 valence electrons. The van der Waals surface area contributed by atoms with E-state index in [2.05, 4.69) is 32.9 Å². The van der Waals surface area contributed by atoms with Crippen LogP contribution in [-0.4, -0.2) is 37.2 Å². The molecule has 1 unspecified atom stereocenters. The van der Waals surface area contributed by atoms with Crippen molar-refractivity contribution in [1.82, 2.24) is 0 Å². The second kappa shape index (κ2) is 71.6. The highest BCUT2D eigenvalue weighted by Crippen LogP contribution is 2.20. The van der Waals surface area contributed by atoms with Crippen LogP contribution in [0.4, 0.5) is 0 Å². The van der Waals surface area contributed by atoms with E-state index < -0.39 is 6.10 Å². The molecule has 0 radical (unpaired) electrons. The molecule has 0 rings (SSSR count). The fraction of sp³-hybridized carbons (Fsp3) is 0.934. The molecular formula is C76H146O6. The van der Waals surface area contributed by atoms with Crippen LogP contribution in [-0.2, 0) is 28.6 Å². The predicted octanol–water partition coefficient (Wildman–Crippen LogP) is 26.0. The summed E-state index contributed by atoms with van der Waals surface area (Å²) in [6.45, 7) is 6.73. The standard InChI is InChI=1S/C76H146O6/c1-4-7-10-13-16-19-22-25-28-30-32-33-34-35-36-37-38-39-40-41-42-43-45-46-48-51-54-57-60-63-66-69-75(78)81-72-73(71-80-74(77)68-65-62-59-56-53-50-27-24-21-18-15-12-9-6-3)82-76(79)70-67-64-61-58-55-52-49-47-44-31-29-26-23-20-17-14-11-8-5-2/h26,29,73H,4-25,27-28,30-72H2,1-3H3/b29-26-. The van der Waals surface area contributed by atoms with Gasteiger partial charge in [-0.05, 0) is 44.9 Å². The van der Waals surface area contributed by atoms with Crippen molar-refractivity contribution >= 4 is 17.9 Å². The summed E-state index contributed by atoms with van der Waals surface area (Å²) in [6.07, 6.45) is 86.9. The number of rotatable bonds is 71. The van der Waals surface area contributed by atoms with Crippen molar-refractivity contribution in [1.29, 1.82) is 0 Å². The van der Waals surface area contributed by atoms with E-state index in [1.807, 2.05) is 0 Å². The SMILES string of the molecule is CCCCCCCC/C=C\CCCCCCCCCCCC(=O)OC(COC(=O)CCCCCCCCCCCCCCCC)COC(=O)CCCCCCCCCCCCCCCCCCCCCCCCCCCCCCCCC. The molecule has 0 aromatic rings. The smallest absolute Gasteiger partial charge is 0.306 e. The average molecular weight is 1160 g/mol. The van der Waals surface area contributed by atoms with E-state index in [4.69, 9.17) is 14.2 Å². The summed E-state index contributed by atoms with van der Waals surface area (Å²) < 4.78 is 17.0. The minimum absolute atomic E-state index is 0.0637. The predicted molar refractivity (Wildman–Crippen MR) is 358 cm³/mol. The third kappa shape index (κ3) is 68.9. The van der Waals surface area contributed by atoms with Crippen LogP contribution in [0.5, 0.6) is 0 Å². The van der Waals surface area contributed by atoms with Crippen LogP contribution in [0, 0.1) is 0 Å². The van der Waals surface area contributed by atoms with Crippen molar-refractivity contribution in [3.63, 3.8) is 0 Å². The zero-order chi connectivity index (χ0) is 59.2. The molecule has 0 aliphatic carbocycles. The second-order valence-corrected chi connectivity index (χ2v) is 25.9. The van der Waals surface area contributed by atoms with Crippen LogP contribution in [0.15, 0.2) is 12.2 Å². The fourth-order valence-corrected chi connectivity index (χ4v) is 11.9. The van der Waals surface area contributed by atoms with Crippen LogP contribution in [0.3, 0.4) is 0 Å². The lowest BCUT2D eigenvalue weighted by Gasteiger charge is -2.18. The van der Waals surface area contributed by atoms with Crippen molar-refractivity contribution < 1.29 is 28.6 Å². The van der Waals surface area contributed by atoms with Gasteiger partial charge in [0, 0.05) is 19.3 Å². The van der Waals surface area contributed by atoms with Crippen molar-refractivity contribution in [2.45, 2.75) is 444 Å². The summed E-state index contributed by atoms with van der Waals surface area (Å²) >= 11 is 0. The zero-order valence-corrected chi connectivity index (χ0v) is 56.1. The molecule has 0 aromatic heterocycles. The molecule has 6 nitrogen and oxygen atoms in total. The molecule has 0 fully saturated rings. The topological polar surface area (TPSA) is 78.9 Å². The molecule has 0 amide bonds. The van der Waals surface area contributed by atoms with Crippen LogP contribution in [0.2, 0.25) is 0 Å². The van der Waals surface area contributed by atoms with E-state index in [-0.39, 0.29) is 31.1 Å². The first-order valence-corrected chi connectivity index (χ1v) is 37.7. The maximum atomic E-state index is 13.0. The van der Waals surface area contributed by atoms with Gasteiger partial charge in [0.25, 0.3) is 0 Å². The summed E-state index contributed by atoms with van der Waals surface area (Å²) in [7, 11) is 0. The maximum absolute atomic E-state index is 13.0. The number of allylic oxidation sites excluding steroid dienone is 2. The normalized spacial score (nSPS) is 12.0. The van der Waals surface area contributed by atoms with Gasteiger partial charge in [-0.2, -0.15) is 0 Å². The number of ether oxygens (including phenoxy) is 3. The number of hydrogen-bond acceptors (Lipinski definition) is 6. The first kappa shape index (κ1) is 80.2. The van der Waals surface area contributed by atoms with Gasteiger partial charge in [-0.3, -0.25) is 14.4 Å². The molecule has 6 heteroatoms. The van der Waals surface area contributed by atoms with Gasteiger partial charge in [-0.1, -0.05) is 386 Å². The summed E-state index contributed by atoms with van der Waals surface area (Å²) in [5, 5.41) is 0. The first-order valence-electron chi connectivity index (χ1n) is 37.7. The van der Waals surface area contributed by atoms with E-state index in [1.54, 1.807) is 0 Å². The Morgan fingerprint density at radius 3 is 0.610 bits per heavy atom. The Kier molecular flexibility index (Phi) is 70.0. The molecule has 0 heterocycles. The Hall–Kier alpha value is -1.85. The maximum Gasteiger partial charge on any atom is 0.306 e. The summed E-state index contributed by atoms with van der Waals surface area (Å²) in [6, 6.07) is 0. The number of carbonyl (C=O) groups excluding carboxylic acids is 3. The van der Waals surface area contributed by atoms with Crippen molar-refractivity contribution in [2.75, 3.05) is 13.2 Å². The van der Waals surface area contributed by atoms with Gasteiger partial charge < -0.3 is 14.2 Å². The Morgan fingerprint density at radius 2 is 0.402 bits per heavy atom. The molecular weight excluding hydrogens is 1010 g/mol. The summed E-state index contributed by atoms with van der Waals surface area (Å²) in [5.74, 6) is -0.828. The Balaban J connectivity index is 4.13. The lowest BCUT2D eigenvalue weighted by molar-refractivity contribution is -0.167. The quantitative estimate of drug-likeness (QED) is 0.0261. The number of unbranched alkanes of at least 4 members (excludes halogenated alkanes) is 58. The fourth-order valence-electron chi connectivity index (χ4n) is 11.9.